The van der Waals surface area contributed by atoms with E-state index in [4.69, 9.17) is 4.74 Å². The third-order valence-corrected chi connectivity index (χ3v) is 4.43. The summed E-state index contributed by atoms with van der Waals surface area (Å²) in [6, 6.07) is 1.11. The van der Waals surface area contributed by atoms with Gasteiger partial charge in [0.2, 0.25) is 5.13 Å². The lowest BCUT2D eigenvalue weighted by atomic mass is 10.1. The number of piperazine rings is 1. The average Bonchev–Trinajstić information content (AvgIpc) is 2.81. The van der Waals surface area contributed by atoms with Gasteiger partial charge < -0.3 is 9.64 Å². The van der Waals surface area contributed by atoms with Gasteiger partial charge in [0.15, 0.2) is 0 Å². The van der Waals surface area contributed by atoms with Crippen molar-refractivity contribution in [2.45, 2.75) is 32.4 Å². The van der Waals surface area contributed by atoms with Gasteiger partial charge in [-0.05, 0) is 20.9 Å². The molecule has 1 saturated heterocycles. The Morgan fingerprint density at radius 3 is 2.61 bits per heavy atom. The number of nitrogens with zero attached hydrogens (tertiary/aromatic N) is 4. The molecule has 102 valence electrons. The lowest BCUT2D eigenvalue weighted by molar-refractivity contribution is 0.170. The zero-order valence-corrected chi connectivity index (χ0v) is 12.4. The van der Waals surface area contributed by atoms with E-state index >= 15 is 0 Å². The first kappa shape index (κ1) is 13.7. The summed E-state index contributed by atoms with van der Waals surface area (Å²) in [5.41, 5.74) is 0. The average molecular weight is 270 g/mol. The molecule has 2 heterocycles. The molecule has 0 amide bonds. The third kappa shape index (κ3) is 2.99. The molecule has 2 unspecified atom stereocenters. The maximum Gasteiger partial charge on any atom is 0.205 e. The van der Waals surface area contributed by atoms with Crippen molar-refractivity contribution in [1.82, 2.24) is 14.3 Å². The number of hydrogen-bond donors (Lipinski definition) is 0. The summed E-state index contributed by atoms with van der Waals surface area (Å²) in [4.78, 5) is 9.37. The van der Waals surface area contributed by atoms with Gasteiger partial charge in [-0.15, -0.1) is 0 Å². The molecule has 0 spiro atoms. The van der Waals surface area contributed by atoms with Gasteiger partial charge in [0.1, 0.15) is 5.82 Å². The number of hydrogen-bond acceptors (Lipinski definition) is 6. The molecular formula is C12H22N4OS. The number of ether oxygens (including phenoxy) is 1. The van der Waals surface area contributed by atoms with Gasteiger partial charge in [0, 0.05) is 50.2 Å². The minimum Gasteiger partial charge on any atom is -0.384 e. The Morgan fingerprint density at radius 1 is 1.33 bits per heavy atom. The van der Waals surface area contributed by atoms with Crippen molar-refractivity contribution in [3.05, 3.63) is 5.82 Å². The van der Waals surface area contributed by atoms with E-state index < -0.39 is 0 Å². The molecule has 0 bridgehead atoms. The Bertz CT molecular complexity index is 372. The SMILES string of the molecule is COCCc1nsc(N2CC(C)N(C)C(C)C2)n1. The van der Waals surface area contributed by atoms with Crippen LogP contribution >= 0.6 is 11.5 Å². The van der Waals surface area contributed by atoms with E-state index in [0.717, 1.165) is 30.5 Å². The Balaban J connectivity index is 2.01. The summed E-state index contributed by atoms with van der Waals surface area (Å²) in [5.74, 6) is 0.899. The molecule has 5 nitrogen and oxygen atoms in total. The number of anilines is 1. The molecule has 0 N–H and O–H groups in total. The van der Waals surface area contributed by atoms with E-state index in [1.54, 1.807) is 7.11 Å². The van der Waals surface area contributed by atoms with E-state index in [-0.39, 0.29) is 0 Å². The van der Waals surface area contributed by atoms with Crippen molar-refractivity contribution >= 4 is 16.7 Å². The number of methoxy groups -OCH3 is 1. The van der Waals surface area contributed by atoms with Crippen molar-refractivity contribution in [3.8, 4) is 0 Å². The van der Waals surface area contributed by atoms with E-state index in [1.165, 1.54) is 11.5 Å². The second-order valence-corrected chi connectivity index (χ2v) is 5.73. The zero-order valence-electron chi connectivity index (χ0n) is 11.6. The maximum atomic E-state index is 5.05. The highest BCUT2D eigenvalue weighted by molar-refractivity contribution is 7.09. The molecule has 1 fully saturated rings. The first-order valence-corrected chi connectivity index (χ1v) is 7.17. The number of aromatic nitrogens is 2. The van der Waals surface area contributed by atoms with Crippen molar-refractivity contribution in [1.29, 1.82) is 0 Å². The van der Waals surface area contributed by atoms with Crippen LogP contribution in [-0.2, 0) is 11.2 Å². The van der Waals surface area contributed by atoms with E-state index in [1.807, 2.05) is 0 Å². The third-order valence-electron chi connectivity index (χ3n) is 3.62. The van der Waals surface area contributed by atoms with Crippen LogP contribution in [0.2, 0.25) is 0 Å². The fourth-order valence-corrected chi connectivity index (χ4v) is 2.96. The van der Waals surface area contributed by atoms with Crippen LogP contribution in [0.25, 0.3) is 0 Å². The maximum absolute atomic E-state index is 5.05. The fraction of sp³-hybridized carbons (Fsp3) is 0.833. The van der Waals surface area contributed by atoms with E-state index in [9.17, 15) is 0 Å². The van der Waals surface area contributed by atoms with E-state index in [2.05, 4.69) is 40.1 Å². The van der Waals surface area contributed by atoms with Gasteiger partial charge in [0.25, 0.3) is 0 Å². The van der Waals surface area contributed by atoms with Crippen LogP contribution in [0.15, 0.2) is 0 Å². The molecule has 1 aliphatic heterocycles. The topological polar surface area (TPSA) is 41.5 Å². The Hall–Kier alpha value is -0.720. The Kier molecular flexibility index (Phi) is 4.53. The first-order valence-electron chi connectivity index (χ1n) is 6.40. The molecule has 0 saturated carbocycles. The molecule has 0 aliphatic carbocycles. The molecular weight excluding hydrogens is 248 g/mol. The highest BCUT2D eigenvalue weighted by atomic mass is 32.1. The molecule has 0 aromatic carbocycles. The number of likely N-dealkylation sites (N-methyl/N-ethyl adjacent to an activating group) is 1. The van der Waals surface area contributed by atoms with Gasteiger partial charge >= 0.3 is 0 Å². The van der Waals surface area contributed by atoms with Crippen LogP contribution < -0.4 is 4.90 Å². The Labute approximate surface area is 113 Å². The summed E-state index contributed by atoms with van der Waals surface area (Å²) < 4.78 is 9.45. The van der Waals surface area contributed by atoms with Crippen LogP contribution in [0, 0.1) is 0 Å². The second kappa shape index (κ2) is 5.95. The molecule has 1 aliphatic rings. The van der Waals surface area contributed by atoms with Crippen molar-refractivity contribution in [2.75, 3.05) is 38.8 Å². The second-order valence-electron chi connectivity index (χ2n) is 5.00. The standard InChI is InChI=1S/C12H22N4OS/c1-9-7-16(8-10(2)15(9)3)12-13-11(14-18-12)5-6-17-4/h9-10H,5-8H2,1-4H3. The van der Waals surface area contributed by atoms with E-state index in [0.29, 0.717) is 18.7 Å². The predicted octanol–water partition coefficient (Wildman–Crippen LogP) is 1.26. The van der Waals surface area contributed by atoms with Crippen LogP contribution in [-0.4, -0.2) is 60.2 Å². The highest BCUT2D eigenvalue weighted by Crippen LogP contribution is 2.23. The number of rotatable bonds is 4. The van der Waals surface area contributed by atoms with Crippen LogP contribution in [0.1, 0.15) is 19.7 Å². The van der Waals surface area contributed by atoms with Crippen LogP contribution in [0.3, 0.4) is 0 Å². The molecule has 1 aromatic rings. The monoisotopic (exact) mass is 270 g/mol. The van der Waals surface area contributed by atoms with Gasteiger partial charge in [0.05, 0.1) is 6.61 Å². The molecule has 0 radical (unpaired) electrons. The highest BCUT2D eigenvalue weighted by Gasteiger charge is 2.28. The van der Waals surface area contributed by atoms with Crippen molar-refractivity contribution < 1.29 is 4.74 Å². The van der Waals surface area contributed by atoms with Crippen LogP contribution in [0.5, 0.6) is 0 Å². The minimum absolute atomic E-state index is 0.556. The molecule has 6 heteroatoms. The van der Waals surface area contributed by atoms with Gasteiger partial charge in [-0.2, -0.15) is 4.37 Å². The Morgan fingerprint density at radius 2 is 2.00 bits per heavy atom. The predicted molar refractivity (Wildman–Crippen MR) is 74.4 cm³/mol. The quantitative estimate of drug-likeness (QED) is 0.824. The summed E-state index contributed by atoms with van der Waals surface area (Å²) >= 11 is 1.50. The van der Waals surface area contributed by atoms with Gasteiger partial charge in [-0.25, -0.2) is 4.98 Å². The normalized spacial score (nSPS) is 25.7. The fourth-order valence-electron chi connectivity index (χ4n) is 2.23. The molecule has 18 heavy (non-hydrogen) atoms. The van der Waals surface area contributed by atoms with Gasteiger partial charge in [-0.1, -0.05) is 0 Å². The summed E-state index contributed by atoms with van der Waals surface area (Å²) in [6.45, 7) is 7.26. The molecule has 2 rings (SSSR count). The van der Waals surface area contributed by atoms with Crippen molar-refractivity contribution in [2.24, 2.45) is 0 Å². The summed E-state index contributed by atoms with van der Waals surface area (Å²) in [5, 5.41) is 1.05. The zero-order chi connectivity index (χ0) is 13.1. The molecule has 1 aromatic heterocycles. The minimum atomic E-state index is 0.556. The lowest BCUT2D eigenvalue weighted by Gasteiger charge is -2.42. The first-order chi connectivity index (χ1) is 8.61. The van der Waals surface area contributed by atoms with Crippen LogP contribution in [0.4, 0.5) is 5.13 Å². The largest absolute Gasteiger partial charge is 0.384 e. The summed E-state index contributed by atoms with van der Waals surface area (Å²) in [6.07, 6.45) is 0.797. The van der Waals surface area contributed by atoms with Gasteiger partial charge in [-0.3, -0.25) is 4.90 Å². The molecule has 2 atom stereocenters. The summed E-state index contributed by atoms with van der Waals surface area (Å²) in [7, 11) is 3.90. The van der Waals surface area contributed by atoms with Crippen molar-refractivity contribution in [3.63, 3.8) is 0 Å². The lowest BCUT2D eigenvalue weighted by Crippen LogP contribution is -2.55. The smallest absolute Gasteiger partial charge is 0.205 e.